The molecule has 1 atom stereocenters. The van der Waals surface area contributed by atoms with Crippen LogP contribution >= 0.6 is 0 Å². The van der Waals surface area contributed by atoms with Crippen molar-refractivity contribution in [3.63, 3.8) is 0 Å². The maximum absolute atomic E-state index is 12.1. The van der Waals surface area contributed by atoms with Crippen molar-refractivity contribution in [2.75, 3.05) is 27.3 Å². The second-order valence-corrected chi connectivity index (χ2v) is 4.36. The van der Waals surface area contributed by atoms with Gasteiger partial charge in [0.05, 0.1) is 12.7 Å². The monoisotopic (exact) mass is 245 g/mol. The number of likely N-dealkylation sites (N-methyl/N-ethyl adjacent to an activating group) is 1. The maximum atomic E-state index is 12.1. The smallest absolute Gasteiger partial charge is 0.236 e. The number of carbonyl (C=O) groups excluding carboxylic acids is 1. The Morgan fingerprint density at radius 1 is 1.65 bits per heavy atom. The molecular weight excluding hydrogens is 226 g/mol. The Labute approximate surface area is 99.8 Å². The molecule has 1 saturated carbocycles. The summed E-state index contributed by atoms with van der Waals surface area (Å²) in [6, 6.07) is 0. The van der Waals surface area contributed by atoms with Gasteiger partial charge in [0, 0.05) is 20.7 Å². The molecule has 1 aliphatic rings. The molecule has 1 aliphatic carbocycles. The molecule has 0 aromatic rings. The number of amidine groups is 1. The van der Waals surface area contributed by atoms with Crippen LogP contribution in [0.4, 0.5) is 0 Å². The molecule has 1 fully saturated rings. The molecule has 0 spiro atoms. The van der Waals surface area contributed by atoms with Crippen LogP contribution in [0.1, 0.15) is 12.8 Å². The molecule has 0 aromatic heterocycles. The van der Waals surface area contributed by atoms with E-state index in [0.29, 0.717) is 12.8 Å². The van der Waals surface area contributed by atoms with Crippen LogP contribution in [-0.4, -0.2) is 60.4 Å². The molecule has 98 valence electrons. The van der Waals surface area contributed by atoms with Crippen LogP contribution in [0, 0.1) is 5.41 Å². The van der Waals surface area contributed by atoms with Crippen LogP contribution in [0.25, 0.3) is 0 Å². The lowest BCUT2D eigenvalue weighted by Crippen LogP contribution is -2.45. The Balaban J connectivity index is 2.59. The highest BCUT2D eigenvalue weighted by Gasteiger charge is 2.55. The summed E-state index contributed by atoms with van der Waals surface area (Å²) in [5.41, 5.74) is 4.64. The molecular formula is C10H19N3O4. The zero-order chi connectivity index (χ0) is 13.1. The number of oxime groups is 1. The molecule has 1 rings (SSSR count). The van der Waals surface area contributed by atoms with E-state index in [0.717, 1.165) is 0 Å². The summed E-state index contributed by atoms with van der Waals surface area (Å²) in [4.78, 5) is 13.5. The summed E-state index contributed by atoms with van der Waals surface area (Å²) < 4.78 is 4.78. The molecule has 4 N–H and O–H groups in total. The Bertz CT molecular complexity index is 315. The van der Waals surface area contributed by atoms with Gasteiger partial charge in [-0.1, -0.05) is 5.16 Å². The highest BCUT2D eigenvalue weighted by molar-refractivity contribution is 6.09. The molecule has 0 aromatic carbocycles. The van der Waals surface area contributed by atoms with Crippen molar-refractivity contribution >= 4 is 11.7 Å². The molecule has 7 heteroatoms. The van der Waals surface area contributed by atoms with Crippen molar-refractivity contribution in [3.8, 4) is 0 Å². The molecule has 1 amide bonds. The summed E-state index contributed by atoms with van der Waals surface area (Å²) >= 11 is 0. The van der Waals surface area contributed by atoms with Crippen LogP contribution in [0.3, 0.4) is 0 Å². The van der Waals surface area contributed by atoms with E-state index in [2.05, 4.69) is 5.16 Å². The highest BCUT2D eigenvalue weighted by Crippen LogP contribution is 2.47. The first kappa shape index (κ1) is 13.7. The second-order valence-electron chi connectivity index (χ2n) is 4.36. The summed E-state index contributed by atoms with van der Waals surface area (Å²) in [5, 5.41) is 21.1. The van der Waals surface area contributed by atoms with Gasteiger partial charge in [0.15, 0.2) is 5.84 Å². The van der Waals surface area contributed by atoms with Gasteiger partial charge in [-0.05, 0) is 12.8 Å². The van der Waals surface area contributed by atoms with Gasteiger partial charge in [0.1, 0.15) is 5.41 Å². The number of aliphatic hydroxyl groups excluding tert-OH is 1. The topological polar surface area (TPSA) is 108 Å². The minimum Gasteiger partial charge on any atom is -0.409 e. The number of hydrogen-bond donors (Lipinski definition) is 3. The van der Waals surface area contributed by atoms with Crippen molar-refractivity contribution in [2.45, 2.75) is 18.9 Å². The predicted molar refractivity (Wildman–Crippen MR) is 60.6 cm³/mol. The van der Waals surface area contributed by atoms with E-state index in [4.69, 9.17) is 15.7 Å². The third-order valence-electron chi connectivity index (χ3n) is 2.95. The van der Waals surface area contributed by atoms with Crippen LogP contribution in [0.5, 0.6) is 0 Å². The molecule has 0 aliphatic heterocycles. The minimum atomic E-state index is -0.865. The van der Waals surface area contributed by atoms with Gasteiger partial charge in [0.25, 0.3) is 0 Å². The summed E-state index contributed by atoms with van der Waals surface area (Å²) in [6.07, 6.45) is 0.413. The lowest BCUT2D eigenvalue weighted by molar-refractivity contribution is -0.134. The number of nitrogens with zero attached hydrogens (tertiary/aromatic N) is 2. The van der Waals surface area contributed by atoms with E-state index in [1.165, 1.54) is 12.0 Å². The zero-order valence-electron chi connectivity index (χ0n) is 10.1. The fourth-order valence-electron chi connectivity index (χ4n) is 1.81. The number of carbonyl (C=O) groups is 1. The minimum absolute atomic E-state index is 0.0596. The largest absolute Gasteiger partial charge is 0.409 e. The van der Waals surface area contributed by atoms with Gasteiger partial charge in [-0.15, -0.1) is 0 Å². The second kappa shape index (κ2) is 5.33. The van der Waals surface area contributed by atoms with Gasteiger partial charge in [-0.3, -0.25) is 4.79 Å². The number of aliphatic hydroxyl groups is 1. The first-order valence-corrected chi connectivity index (χ1v) is 5.38. The quantitative estimate of drug-likeness (QED) is 0.240. The maximum Gasteiger partial charge on any atom is 0.236 e. The van der Waals surface area contributed by atoms with Gasteiger partial charge in [-0.2, -0.15) is 0 Å². The van der Waals surface area contributed by atoms with Crippen molar-refractivity contribution < 1.29 is 19.8 Å². The third-order valence-corrected chi connectivity index (χ3v) is 2.95. The van der Waals surface area contributed by atoms with Crippen LogP contribution < -0.4 is 5.73 Å². The Morgan fingerprint density at radius 3 is 2.65 bits per heavy atom. The van der Waals surface area contributed by atoms with Crippen molar-refractivity contribution in [2.24, 2.45) is 16.3 Å². The van der Waals surface area contributed by atoms with Gasteiger partial charge in [0.2, 0.25) is 5.91 Å². The van der Waals surface area contributed by atoms with Crippen molar-refractivity contribution in [3.05, 3.63) is 0 Å². The first-order valence-electron chi connectivity index (χ1n) is 5.38. The average molecular weight is 245 g/mol. The number of rotatable bonds is 6. The number of amides is 1. The van der Waals surface area contributed by atoms with Crippen LogP contribution in [-0.2, 0) is 9.53 Å². The lowest BCUT2D eigenvalue weighted by Gasteiger charge is -2.24. The molecule has 7 nitrogen and oxygen atoms in total. The zero-order valence-corrected chi connectivity index (χ0v) is 10.1. The first-order chi connectivity index (χ1) is 7.97. The van der Waals surface area contributed by atoms with Gasteiger partial charge < -0.3 is 25.7 Å². The summed E-state index contributed by atoms with van der Waals surface area (Å²) in [6.45, 7) is 0.321. The number of methoxy groups -OCH3 is 1. The third kappa shape index (κ3) is 2.86. The summed E-state index contributed by atoms with van der Waals surface area (Å²) in [5.74, 6) is -0.293. The molecule has 0 heterocycles. The molecule has 17 heavy (non-hydrogen) atoms. The number of nitrogens with two attached hydrogens (primary N) is 1. The fraction of sp³-hybridized carbons (Fsp3) is 0.800. The average Bonchev–Trinajstić information content (AvgIpc) is 3.08. The van der Waals surface area contributed by atoms with Crippen molar-refractivity contribution in [1.82, 2.24) is 4.90 Å². The predicted octanol–water partition coefficient (Wildman–Crippen LogP) is -1.02. The fourth-order valence-corrected chi connectivity index (χ4v) is 1.81. The number of ether oxygens (including phenoxy) is 1. The van der Waals surface area contributed by atoms with E-state index in [9.17, 15) is 9.90 Å². The Hall–Kier alpha value is -1.34. The summed E-state index contributed by atoms with van der Waals surface area (Å²) in [7, 11) is 3.05. The Kier molecular flexibility index (Phi) is 4.30. The van der Waals surface area contributed by atoms with E-state index in [1.807, 2.05) is 0 Å². The number of hydrogen-bond acceptors (Lipinski definition) is 5. The Morgan fingerprint density at radius 2 is 2.24 bits per heavy atom. The van der Waals surface area contributed by atoms with E-state index in [1.54, 1.807) is 7.05 Å². The van der Waals surface area contributed by atoms with Crippen LogP contribution in [0.2, 0.25) is 0 Å². The molecule has 1 unspecified atom stereocenters. The lowest BCUT2D eigenvalue weighted by atomic mass is 10.0. The van der Waals surface area contributed by atoms with E-state index in [-0.39, 0.29) is 24.9 Å². The highest BCUT2D eigenvalue weighted by atomic mass is 16.5. The van der Waals surface area contributed by atoms with Crippen molar-refractivity contribution in [1.29, 1.82) is 0 Å². The molecule has 0 saturated heterocycles. The normalized spacial score (nSPS) is 19.8. The van der Waals surface area contributed by atoms with E-state index >= 15 is 0 Å². The SMILES string of the molecule is COCC(O)CN(C)C(=O)C1(C(N)=NO)CC1. The van der Waals surface area contributed by atoms with Gasteiger partial charge in [-0.25, -0.2) is 0 Å². The standard InChI is InChI=1S/C10H19N3O4/c1-13(5-7(14)6-17-2)9(15)10(3-4-10)8(11)12-16/h7,14,16H,3-6H2,1-2H3,(H2,11,12). The molecule has 0 bridgehead atoms. The van der Waals surface area contributed by atoms with E-state index < -0.39 is 11.5 Å². The molecule has 0 radical (unpaired) electrons. The van der Waals surface area contributed by atoms with Crippen LogP contribution in [0.15, 0.2) is 5.16 Å². The van der Waals surface area contributed by atoms with Gasteiger partial charge >= 0.3 is 0 Å².